The van der Waals surface area contributed by atoms with Gasteiger partial charge in [0.2, 0.25) is 0 Å². The highest BCUT2D eigenvalue weighted by atomic mass is 32.2. The molecule has 0 aliphatic heterocycles. The number of nitriles is 1. The zero-order valence-electron chi connectivity index (χ0n) is 11.3. The van der Waals surface area contributed by atoms with Gasteiger partial charge in [-0.05, 0) is 23.8 Å². The van der Waals surface area contributed by atoms with Gasteiger partial charge in [0, 0.05) is 0 Å². The van der Waals surface area contributed by atoms with Crippen molar-refractivity contribution >= 4 is 11.8 Å². The topological polar surface area (TPSA) is 62.7 Å². The first-order valence-corrected chi connectivity index (χ1v) is 7.36. The van der Waals surface area contributed by atoms with E-state index in [2.05, 4.69) is 24.0 Å². The summed E-state index contributed by atoms with van der Waals surface area (Å²) in [5.74, 6) is 2.39. The Morgan fingerprint density at radius 2 is 2.25 bits per heavy atom. The Labute approximate surface area is 121 Å². The monoisotopic (exact) mass is 291 g/mol. The van der Waals surface area contributed by atoms with Crippen molar-refractivity contribution < 1.29 is 8.91 Å². The molecule has 20 heavy (non-hydrogen) atoms. The molecule has 1 heterocycles. The molecule has 0 radical (unpaired) electrons. The molecule has 0 saturated heterocycles. The zero-order chi connectivity index (χ0) is 14.5. The van der Waals surface area contributed by atoms with E-state index in [-0.39, 0.29) is 11.5 Å². The summed E-state index contributed by atoms with van der Waals surface area (Å²) < 4.78 is 18.6. The summed E-state index contributed by atoms with van der Waals surface area (Å²) in [5.41, 5.74) is 0.262. The third kappa shape index (κ3) is 3.36. The highest BCUT2D eigenvalue weighted by Crippen LogP contribution is 2.24. The number of rotatable bonds is 5. The molecule has 2 rings (SSSR count). The third-order valence-electron chi connectivity index (χ3n) is 2.51. The molecule has 0 bridgehead atoms. The maximum Gasteiger partial charge on any atom is 0.259 e. The molecule has 0 atom stereocenters. The van der Waals surface area contributed by atoms with E-state index in [0.717, 1.165) is 5.75 Å². The van der Waals surface area contributed by atoms with Crippen LogP contribution in [0, 0.1) is 23.1 Å². The molecule has 0 saturated carbocycles. The summed E-state index contributed by atoms with van der Waals surface area (Å²) in [7, 11) is 0. The van der Waals surface area contributed by atoms with Crippen molar-refractivity contribution in [1.82, 2.24) is 10.1 Å². The quantitative estimate of drug-likeness (QED) is 0.841. The van der Waals surface area contributed by atoms with Gasteiger partial charge in [-0.3, -0.25) is 0 Å². The Balaban J connectivity index is 2.17. The molecule has 1 aromatic carbocycles. The Hall–Kier alpha value is -1.87. The van der Waals surface area contributed by atoms with Crippen LogP contribution in [0.3, 0.4) is 0 Å². The maximum atomic E-state index is 13.5. The van der Waals surface area contributed by atoms with Crippen LogP contribution in [-0.2, 0) is 5.75 Å². The molecular weight excluding hydrogens is 277 g/mol. The molecule has 0 unspecified atom stereocenters. The number of nitrogens with zero attached hydrogens (tertiary/aromatic N) is 3. The van der Waals surface area contributed by atoms with Gasteiger partial charge in [-0.1, -0.05) is 25.1 Å². The lowest BCUT2D eigenvalue weighted by Gasteiger charge is -2.00. The molecule has 104 valence electrons. The Kier molecular flexibility index (Phi) is 4.74. The van der Waals surface area contributed by atoms with Gasteiger partial charge in [0.1, 0.15) is 17.4 Å². The van der Waals surface area contributed by atoms with Gasteiger partial charge in [0.05, 0.1) is 11.3 Å². The van der Waals surface area contributed by atoms with Gasteiger partial charge in [-0.25, -0.2) is 4.39 Å². The first kappa shape index (κ1) is 14.5. The van der Waals surface area contributed by atoms with Crippen molar-refractivity contribution in [2.24, 2.45) is 5.92 Å². The smallest absolute Gasteiger partial charge is 0.259 e. The van der Waals surface area contributed by atoms with E-state index in [4.69, 9.17) is 9.78 Å². The predicted octanol–water partition coefficient (Wildman–Crippen LogP) is 3.64. The molecular formula is C14H14FN3OS. The van der Waals surface area contributed by atoms with Crippen molar-refractivity contribution in [3.63, 3.8) is 0 Å². The standard InChI is InChI=1S/C14H14FN3OS/c1-9(2)7-20-8-13-17-14(19-18-13)10-4-3-5-12(15)11(10)6-16/h3-5,9H,7-8H2,1-2H3. The van der Waals surface area contributed by atoms with Gasteiger partial charge in [0.25, 0.3) is 5.89 Å². The van der Waals surface area contributed by atoms with Crippen molar-refractivity contribution in [3.05, 3.63) is 35.4 Å². The molecule has 0 fully saturated rings. The van der Waals surface area contributed by atoms with E-state index in [1.165, 1.54) is 12.1 Å². The van der Waals surface area contributed by atoms with Crippen LogP contribution in [0.1, 0.15) is 25.2 Å². The minimum Gasteiger partial charge on any atom is -0.334 e. The van der Waals surface area contributed by atoms with Crippen LogP contribution in [0.5, 0.6) is 0 Å². The fourth-order valence-corrected chi connectivity index (χ4v) is 2.51. The first-order chi connectivity index (χ1) is 9.61. The predicted molar refractivity (Wildman–Crippen MR) is 75.4 cm³/mol. The number of hydrogen-bond acceptors (Lipinski definition) is 5. The zero-order valence-corrected chi connectivity index (χ0v) is 12.1. The molecule has 4 nitrogen and oxygen atoms in total. The van der Waals surface area contributed by atoms with E-state index in [0.29, 0.717) is 23.1 Å². The molecule has 0 amide bonds. The summed E-state index contributed by atoms with van der Waals surface area (Å²) in [6.07, 6.45) is 0. The molecule has 0 aliphatic carbocycles. The van der Waals surface area contributed by atoms with Crippen molar-refractivity contribution in [3.8, 4) is 17.5 Å². The van der Waals surface area contributed by atoms with E-state index < -0.39 is 5.82 Å². The average Bonchev–Trinajstić information content (AvgIpc) is 2.86. The lowest BCUT2D eigenvalue weighted by atomic mass is 10.1. The molecule has 1 aromatic heterocycles. The number of benzene rings is 1. The second-order valence-corrected chi connectivity index (χ2v) is 5.73. The lowest BCUT2D eigenvalue weighted by Crippen LogP contribution is -1.93. The normalized spacial score (nSPS) is 10.8. The van der Waals surface area contributed by atoms with Crippen LogP contribution in [0.15, 0.2) is 22.7 Å². The summed E-state index contributed by atoms with van der Waals surface area (Å²) in [5, 5.41) is 12.8. The first-order valence-electron chi connectivity index (χ1n) is 6.21. The number of aromatic nitrogens is 2. The number of halogens is 1. The van der Waals surface area contributed by atoms with Gasteiger partial charge < -0.3 is 4.52 Å². The van der Waals surface area contributed by atoms with Crippen molar-refractivity contribution in [2.45, 2.75) is 19.6 Å². The van der Waals surface area contributed by atoms with Crippen LogP contribution in [0.25, 0.3) is 11.5 Å². The molecule has 0 aliphatic rings. The van der Waals surface area contributed by atoms with Gasteiger partial charge >= 0.3 is 0 Å². The Morgan fingerprint density at radius 3 is 2.95 bits per heavy atom. The summed E-state index contributed by atoms with van der Waals surface area (Å²) >= 11 is 1.71. The highest BCUT2D eigenvalue weighted by Gasteiger charge is 2.15. The second-order valence-electron chi connectivity index (χ2n) is 4.70. The minimum absolute atomic E-state index is 0.0717. The van der Waals surface area contributed by atoms with E-state index in [9.17, 15) is 4.39 Å². The van der Waals surface area contributed by atoms with Crippen LogP contribution >= 0.6 is 11.8 Å². The molecule has 2 aromatic rings. The second kappa shape index (κ2) is 6.53. The highest BCUT2D eigenvalue weighted by molar-refractivity contribution is 7.98. The van der Waals surface area contributed by atoms with E-state index in [1.54, 1.807) is 17.8 Å². The molecule has 0 spiro atoms. The third-order valence-corrected chi connectivity index (χ3v) is 3.87. The Bertz CT molecular complexity index is 634. The fourth-order valence-electron chi connectivity index (χ4n) is 1.62. The lowest BCUT2D eigenvalue weighted by molar-refractivity contribution is 0.424. The minimum atomic E-state index is -0.584. The number of thioether (sulfide) groups is 1. The summed E-state index contributed by atoms with van der Waals surface area (Å²) in [6.45, 7) is 4.28. The number of hydrogen-bond donors (Lipinski definition) is 0. The SMILES string of the molecule is CC(C)CSCc1noc(-c2cccc(F)c2C#N)n1. The maximum absolute atomic E-state index is 13.5. The van der Waals surface area contributed by atoms with Crippen molar-refractivity contribution in [1.29, 1.82) is 5.26 Å². The van der Waals surface area contributed by atoms with Crippen LogP contribution in [0.2, 0.25) is 0 Å². The van der Waals surface area contributed by atoms with Gasteiger partial charge in [-0.2, -0.15) is 22.0 Å². The average molecular weight is 291 g/mol. The fraction of sp³-hybridized carbons (Fsp3) is 0.357. The van der Waals surface area contributed by atoms with Crippen LogP contribution in [0.4, 0.5) is 4.39 Å². The summed E-state index contributed by atoms with van der Waals surface area (Å²) in [4.78, 5) is 4.21. The molecule has 6 heteroatoms. The van der Waals surface area contributed by atoms with E-state index >= 15 is 0 Å². The largest absolute Gasteiger partial charge is 0.334 e. The van der Waals surface area contributed by atoms with Crippen molar-refractivity contribution in [2.75, 3.05) is 5.75 Å². The van der Waals surface area contributed by atoms with Crippen LogP contribution < -0.4 is 0 Å². The summed E-state index contributed by atoms with van der Waals surface area (Å²) in [6, 6.07) is 6.17. The molecule has 0 N–H and O–H groups in total. The van der Waals surface area contributed by atoms with Gasteiger partial charge in [-0.15, -0.1) is 0 Å². The van der Waals surface area contributed by atoms with E-state index in [1.807, 2.05) is 6.07 Å². The Morgan fingerprint density at radius 1 is 1.45 bits per heavy atom. The van der Waals surface area contributed by atoms with Crippen LogP contribution in [-0.4, -0.2) is 15.9 Å². The van der Waals surface area contributed by atoms with Gasteiger partial charge in [0.15, 0.2) is 5.82 Å².